The standard InChI is InChI=1S/C23H21ClN4O4/c1-12-5-8-16(24)11-18(12)25-22(29)13(2)28-23(30)21-19(14(3)32-27-21)20(26-28)15-6-9-17(31-4)10-7-15/h5-11,13H,1-4H3,(H,25,29)/t13-/m1/s1. The average molecular weight is 453 g/mol. The maximum absolute atomic E-state index is 13.1. The van der Waals surface area contributed by atoms with Crippen LogP contribution in [0.25, 0.3) is 22.2 Å². The van der Waals surface area contributed by atoms with Gasteiger partial charge in [0.1, 0.15) is 23.2 Å². The minimum Gasteiger partial charge on any atom is -0.497 e. The number of aromatic nitrogens is 3. The van der Waals surface area contributed by atoms with Gasteiger partial charge < -0.3 is 14.6 Å². The number of hydrogen-bond acceptors (Lipinski definition) is 6. The Balaban J connectivity index is 1.80. The summed E-state index contributed by atoms with van der Waals surface area (Å²) in [4.78, 5) is 26.1. The summed E-state index contributed by atoms with van der Waals surface area (Å²) in [5.74, 6) is 0.740. The van der Waals surface area contributed by atoms with Crippen molar-refractivity contribution in [1.82, 2.24) is 14.9 Å². The molecule has 2 aromatic carbocycles. The fourth-order valence-corrected chi connectivity index (χ4v) is 3.57. The second-order valence-corrected chi connectivity index (χ2v) is 7.85. The number of rotatable bonds is 5. The number of benzene rings is 2. The van der Waals surface area contributed by atoms with Gasteiger partial charge in [-0.1, -0.05) is 22.8 Å². The summed E-state index contributed by atoms with van der Waals surface area (Å²) in [7, 11) is 1.58. The van der Waals surface area contributed by atoms with Gasteiger partial charge in [-0.2, -0.15) is 5.10 Å². The van der Waals surface area contributed by atoms with Crippen molar-refractivity contribution in [1.29, 1.82) is 0 Å². The number of amides is 1. The molecule has 2 aromatic heterocycles. The number of fused-ring (bicyclic) bond motifs is 1. The maximum atomic E-state index is 13.1. The van der Waals surface area contributed by atoms with Crippen molar-refractivity contribution < 1.29 is 14.1 Å². The Hall–Kier alpha value is -3.65. The Morgan fingerprint density at radius 2 is 1.91 bits per heavy atom. The third-order valence-corrected chi connectivity index (χ3v) is 5.52. The molecule has 0 unspecified atom stereocenters. The van der Waals surface area contributed by atoms with E-state index in [0.717, 1.165) is 15.8 Å². The summed E-state index contributed by atoms with van der Waals surface area (Å²) in [6.45, 7) is 5.17. The van der Waals surface area contributed by atoms with Crippen LogP contribution in [0.15, 0.2) is 51.8 Å². The Morgan fingerprint density at radius 3 is 2.59 bits per heavy atom. The molecular weight excluding hydrogens is 432 g/mol. The lowest BCUT2D eigenvalue weighted by molar-refractivity contribution is -0.119. The molecule has 9 heteroatoms. The van der Waals surface area contributed by atoms with Crippen LogP contribution in [0.2, 0.25) is 5.02 Å². The van der Waals surface area contributed by atoms with E-state index in [1.54, 1.807) is 51.3 Å². The van der Waals surface area contributed by atoms with Crippen LogP contribution in [0.3, 0.4) is 0 Å². The number of carbonyl (C=O) groups excluding carboxylic acids is 1. The topological polar surface area (TPSA) is 99.2 Å². The molecule has 4 aromatic rings. The maximum Gasteiger partial charge on any atom is 0.297 e. The molecule has 0 saturated heterocycles. The molecule has 0 bridgehead atoms. The van der Waals surface area contributed by atoms with Crippen LogP contribution in [0.4, 0.5) is 5.69 Å². The second-order valence-electron chi connectivity index (χ2n) is 7.41. The van der Waals surface area contributed by atoms with E-state index in [0.29, 0.717) is 33.3 Å². The monoisotopic (exact) mass is 452 g/mol. The summed E-state index contributed by atoms with van der Waals surface area (Å²) in [6, 6.07) is 11.5. The number of halogens is 1. The minimum absolute atomic E-state index is 0.113. The van der Waals surface area contributed by atoms with Crippen molar-refractivity contribution in [3.05, 3.63) is 69.2 Å². The van der Waals surface area contributed by atoms with E-state index in [2.05, 4.69) is 15.6 Å². The summed E-state index contributed by atoms with van der Waals surface area (Å²) >= 11 is 6.05. The van der Waals surface area contributed by atoms with Crippen molar-refractivity contribution in [2.45, 2.75) is 26.8 Å². The zero-order chi connectivity index (χ0) is 23.0. The zero-order valence-corrected chi connectivity index (χ0v) is 18.7. The van der Waals surface area contributed by atoms with E-state index in [1.807, 2.05) is 19.1 Å². The van der Waals surface area contributed by atoms with Gasteiger partial charge in [0.15, 0.2) is 5.52 Å². The Kier molecular flexibility index (Phi) is 5.71. The molecule has 0 radical (unpaired) electrons. The van der Waals surface area contributed by atoms with Gasteiger partial charge in [0.25, 0.3) is 5.56 Å². The van der Waals surface area contributed by atoms with Gasteiger partial charge in [-0.25, -0.2) is 4.68 Å². The van der Waals surface area contributed by atoms with Gasteiger partial charge in [0, 0.05) is 16.3 Å². The van der Waals surface area contributed by atoms with Gasteiger partial charge >= 0.3 is 0 Å². The SMILES string of the molecule is COc1ccc(-c2nn([C@H](C)C(=O)Nc3cc(Cl)ccc3C)c(=O)c3noc(C)c23)cc1. The van der Waals surface area contributed by atoms with Crippen molar-refractivity contribution in [3.63, 3.8) is 0 Å². The number of methoxy groups -OCH3 is 1. The molecule has 2 heterocycles. The first kappa shape index (κ1) is 21.6. The molecule has 0 spiro atoms. The van der Waals surface area contributed by atoms with Crippen LogP contribution in [-0.4, -0.2) is 28.0 Å². The molecule has 32 heavy (non-hydrogen) atoms. The number of carbonyl (C=O) groups is 1. The van der Waals surface area contributed by atoms with Gasteiger partial charge in [-0.15, -0.1) is 0 Å². The number of nitrogens with one attached hydrogen (secondary N) is 1. The first-order valence-corrected chi connectivity index (χ1v) is 10.3. The predicted octanol–water partition coefficient (Wildman–Crippen LogP) is 4.53. The molecule has 1 amide bonds. The molecule has 0 aliphatic heterocycles. The largest absolute Gasteiger partial charge is 0.497 e. The lowest BCUT2D eigenvalue weighted by Crippen LogP contribution is -2.34. The highest BCUT2D eigenvalue weighted by Gasteiger charge is 2.24. The zero-order valence-electron chi connectivity index (χ0n) is 18.0. The first-order chi connectivity index (χ1) is 15.3. The number of anilines is 1. The van der Waals surface area contributed by atoms with Gasteiger partial charge in [0.05, 0.1) is 12.5 Å². The third-order valence-electron chi connectivity index (χ3n) is 5.29. The van der Waals surface area contributed by atoms with Crippen molar-refractivity contribution in [3.8, 4) is 17.0 Å². The van der Waals surface area contributed by atoms with E-state index in [-0.39, 0.29) is 5.52 Å². The third kappa shape index (κ3) is 3.85. The second kappa shape index (κ2) is 8.47. The van der Waals surface area contributed by atoms with Crippen LogP contribution in [0.5, 0.6) is 5.75 Å². The number of aryl methyl sites for hydroxylation is 2. The highest BCUT2D eigenvalue weighted by Crippen LogP contribution is 2.29. The normalized spacial score (nSPS) is 12.0. The average Bonchev–Trinajstić information content (AvgIpc) is 3.18. The molecule has 0 aliphatic carbocycles. The molecule has 0 fully saturated rings. The van der Waals surface area contributed by atoms with Crippen molar-refractivity contribution >= 4 is 34.1 Å². The smallest absolute Gasteiger partial charge is 0.297 e. The van der Waals surface area contributed by atoms with E-state index < -0.39 is 17.5 Å². The Bertz CT molecular complexity index is 1380. The quantitative estimate of drug-likeness (QED) is 0.477. The Morgan fingerprint density at radius 1 is 1.19 bits per heavy atom. The van der Waals surface area contributed by atoms with Crippen LogP contribution in [-0.2, 0) is 4.79 Å². The highest BCUT2D eigenvalue weighted by atomic mass is 35.5. The van der Waals surface area contributed by atoms with Crippen molar-refractivity contribution in [2.24, 2.45) is 0 Å². The van der Waals surface area contributed by atoms with Gasteiger partial charge in [-0.05, 0) is 62.7 Å². The predicted molar refractivity (Wildman–Crippen MR) is 122 cm³/mol. The summed E-state index contributed by atoms with van der Waals surface area (Å²) < 4.78 is 11.6. The minimum atomic E-state index is -0.917. The molecule has 0 saturated carbocycles. The molecule has 1 atom stereocenters. The molecule has 1 N–H and O–H groups in total. The van der Waals surface area contributed by atoms with Crippen LogP contribution in [0.1, 0.15) is 24.3 Å². The molecule has 164 valence electrons. The highest BCUT2D eigenvalue weighted by molar-refractivity contribution is 6.31. The fourth-order valence-electron chi connectivity index (χ4n) is 3.40. The number of hydrogen-bond donors (Lipinski definition) is 1. The fraction of sp³-hybridized carbons (Fsp3) is 0.217. The van der Waals surface area contributed by atoms with Crippen LogP contribution < -0.4 is 15.6 Å². The lowest BCUT2D eigenvalue weighted by atomic mass is 10.1. The van der Waals surface area contributed by atoms with Crippen molar-refractivity contribution in [2.75, 3.05) is 12.4 Å². The van der Waals surface area contributed by atoms with Crippen LogP contribution >= 0.6 is 11.6 Å². The van der Waals surface area contributed by atoms with E-state index in [4.69, 9.17) is 20.9 Å². The molecule has 0 aliphatic rings. The molecule has 8 nitrogen and oxygen atoms in total. The van der Waals surface area contributed by atoms with E-state index in [9.17, 15) is 9.59 Å². The first-order valence-electron chi connectivity index (χ1n) is 9.90. The Labute approximate surface area is 188 Å². The van der Waals surface area contributed by atoms with Gasteiger partial charge in [-0.3, -0.25) is 9.59 Å². The number of nitrogens with zero attached hydrogens (tertiary/aromatic N) is 3. The number of ether oxygens (including phenoxy) is 1. The summed E-state index contributed by atoms with van der Waals surface area (Å²) in [6.07, 6.45) is 0. The summed E-state index contributed by atoms with van der Waals surface area (Å²) in [5, 5.41) is 12.3. The van der Waals surface area contributed by atoms with E-state index in [1.165, 1.54) is 0 Å². The molecule has 4 rings (SSSR count). The van der Waals surface area contributed by atoms with Gasteiger partial charge in [0.2, 0.25) is 5.91 Å². The molecular formula is C23H21ClN4O4. The van der Waals surface area contributed by atoms with Crippen LogP contribution in [0, 0.1) is 13.8 Å². The van der Waals surface area contributed by atoms with E-state index >= 15 is 0 Å². The summed E-state index contributed by atoms with van der Waals surface area (Å²) in [5.41, 5.74) is 2.23. The lowest BCUT2D eigenvalue weighted by Gasteiger charge is -2.17.